The lowest BCUT2D eigenvalue weighted by Gasteiger charge is -2.10. The van der Waals surface area contributed by atoms with Crippen LogP contribution in [0.15, 0.2) is 18.2 Å². The second-order valence-corrected chi connectivity index (χ2v) is 6.87. The van der Waals surface area contributed by atoms with Crippen molar-refractivity contribution in [2.24, 2.45) is 0 Å². The third-order valence-corrected chi connectivity index (χ3v) is 4.79. The first-order valence-corrected chi connectivity index (χ1v) is 7.37. The number of anilines is 1. The molecule has 1 aromatic rings. The Bertz CT molecular complexity index is 500. The Morgan fingerprint density at radius 1 is 1.39 bits per heavy atom. The van der Waals surface area contributed by atoms with E-state index in [9.17, 15) is 12.8 Å². The Balaban J connectivity index is 2.60. The summed E-state index contributed by atoms with van der Waals surface area (Å²) in [5.74, 6) is -0.269. The zero-order valence-corrected chi connectivity index (χ0v) is 11.6. The van der Waals surface area contributed by atoms with E-state index in [4.69, 9.17) is 4.74 Å². The van der Waals surface area contributed by atoms with Gasteiger partial charge in [-0.05, 0) is 26.0 Å². The molecule has 0 heterocycles. The zero-order chi connectivity index (χ0) is 13.8. The first-order valence-electron chi connectivity index (χ1n) is 5.66. The summed E-state index contributed by atoms with van der Waals surface area (Å²) >= 11 is 0. The van der Waals surface area contributed by atoms with Gasteiger partial charge in [-0.3, -0.25) is 0 Å². The van der Waals surface area contributed by atoms with E-state index in [1.54, 1.807) is 19.9 Å². The number of methoxy groups -OCH3 is 1. The van der Waals surface area contributed by atoms with Gasteiger partial charge in [0.25, 0.3) is 0 Å². The van der Waals surface area contributed by atoms with E-state index in [1.807, 2.05) is 0 Å². The molecule has 4 nitrogen and oxygen atoms in total. The molecule has 102 valence electrons. The van der Waals surface area contributed by atoms with Crippen LogP contribution < -0.4 is 10.1 Å². The Morgan fingerprint density at radius 2 is 2.06 bits per heavy atom. The minimum Gasteiger partial charge on any atom is -0.494 e. The Hall–Kier alpha value is -1.30. The topological polar surface area (TPSA) is 55.4 Å². The van der Waals surface area contributed by atoms with E-state index in [0.29, 0.717) is 5.69 Å². The van der Waals surface area contributed by atoms with Gasteiger partial charge < -0.3 is 10.1 Å². The summed E-state index contributed by atoms with van der Waals surface area (Å²) in [7, 11) is -1.68. The quantitative estimate of drug-likeness (QED) is 0.863. The molecule has 0 unspecified atom stereocenters. The van der Waals surface area contributed by atoms with Crippen molar-refractivity contribution >= 4 is 15.5 Å². The molecule has 0 saturated carbocycles. The maximum atomic E-state index is 13.1. The van der Waals surface area contributed by atoms with Crippen LogP contribution in [0.5, 0.6) is 5.75 Å². The second-order valence-electron chi connectivity index (χ2n) is 4.19. The number of hydrogen-bond donors (Lipinski definition) is 1. The highest BCUT2D eigenvalue weighted by Gasteiger charge is 2.15. The van der Waals surface area contributed by atoms with Crippen LogP contribution in [0.1, 0.15) is 13.8 Å². The van der Waals surface area contributed by atoms with Gasteiger partial charge in [-0.1, -0.05) is 0 Å². The highest BCUT2D eigenvalue weighted by atomic mass is 32.2. The van der Waals surface area contributed by atoms with Gasteiger partial charge >= 0.3 is 0 Å². The van der Waals surface area contributed by atoms with Crippen LogP contribution >= 0.6 is 0 Å². The molecule has 1 aromatic carbocycles. The van der Waals surface area contributed by atoms with E-state index in [0.717, 1.165) is 0 Å². The number of hydrogen-bond acceptors (Lipinski definition) is 4. The number of halogens is 1. The van der Waals surface area contributed by atoms with Gasteiger partial charge in [-0.15, -0.1) is 0 Å². The molecule has 0 saturated heterocycles. The molecule has 0 aliphatic rings. The molecular weight excluding hydrogens is 257 g/mol. The van der Waals surface area contributed by atoms with E-state index in [-0.39, 0.29) is 23.3 Å². The van der Waals surface area contributed by atoms with Crippen LogP contribution in [0.3, 0.4) is 0 Å². The largest absolute Gasteiger partial charge is 0.494 e. The van der Waals surface area contributed by atoms with Gasteiger partial charge in [0.05, 0.1) is 18.1 Å². The van der Waals surface area contributed by atoms with Crippen molar-refractivity contribution in [1.82, 2.24) is 0 Å². The van der Waals surface area contributed by atoms with Crippen LogP contribution in [0.4, 0.5) is 10.1 Å². The van der Waals surface area contributed by atoms with Crippen LogP contribution in [0.2, 0.25) is 0 Å². The SMILES string of the molecule is COc1cc(NCCS(=O)(=O)C(C)C)ccc1F. The molecule has 0 aliphatic heterocycles. The molecular formula is C12H18FNO3S. The standard InChI is InChI=1S/C12H18FNO3S/c1-9(2)18(15,16)7-6-14-10-4-5-11(13)12(8-10)17-3/h4-5,8-9,14H,6-7H2,1-3H3. The highest BCUT2D eigenvalue weighted by Crippen LogP contribution is 2.21. The monoisotopic (exact) mass is 275 g/mol. The van der Waals surface area contributed by atoms with Crippen molar-refractivity contribution in [2.45, 2.75) is 19.1 Å². The van der Waals surface area contributed by atoms with Gasteiger partial charge in [-0.2, -0.15) is 0 Å². The minimum atomic E-state index is -3.06. The van der Waals surface area contributed by atoms with E-state index < -0.39 is 15.7 Å². The molecule has 0 spiro atoms. The molecule has 0 aromatic heterocycles. The first kappa shape index (κ1) is 14.8. The maximum absolute atomic E-state index is 13.1. The van der Waals surface area contributed by atoms with E-state index in [2.05, 4.69) is 5.32 Å². The molecule has 1 rings (SSSR count). The first-order chi connectivity index (χ1) is 8.36. The fourth-order valence-corrected chi connectivity index (χ4v) is 2.20. The Labute approximate surface area is 107 Å². The van der Waals surface area contributed by atoms with Crippen LogP contribution in [-0.2, 0) is 9.84 Å². The third kappa shape index (κ3) is 3.87. The van der Waals surface area contributed by atoms with E-state index in [1.165, 1.54) is 19.2 Å². The normalized spacial score (nSPS) is 11.6. The van der Waals surface area contributed by atoms with Gasteiger partial charge in [0.2, 0.25) is 0 Å². The summed E-state index contributed by atoms with van der Waals surface area (Å²) in [4.78, 5) is 0. The summed E-state index contributed by atoms with van der Waals surface area (Å²) in [6.45, 7) is 3.59. The number of nitrogens with one attached hydrogen (secondary N) is 1. The van der Waals surface area contributed by atoms with Crippen molar-refractivity contribution in [3.8, 4) is 5.75 Å². The summed E-state index contributed by atoms with van der Waals surface area (Å²) in [6, 6.07) is 4.31. The van der Waals surface area contributed by atoms with Crippen molar-refractivity contribution in [1.29, 1.82) is 0 Å². The predicted molar refractivity (Wildman–Crippen MR) is 70.4 cm³/mol. The smallest absolute Gasteiger partial charge is 0.165 e. The molecule has 18 heavy (non-hydrogen) atoms. The molecule has 0 radical (unpaired) electrons. The van der Waals surface area contributed by atoms with Crippen molar-refractivity contribution in [2.75, 3.05) is 24.7 Å². The maximum Gasteiger partial charge on any atom is 0.165 e. The van der Waals surface area contributed by atoms with Gasteiger partial charge in [0, 0.05) is 18.3 Å². The summed E-state index contributed by atoms with van der Waals surface area (Å²) in [6.07, 6.45) is 0. The minimum absolute atomic E-state index is 0.0460. The average molecular weight is 275 g/mol. The van der Waals surface area contributed by atoms with Crippen LogP contribution in [0, 0.1) is 5.82 Å². The molecule has 0 amide bonds. The van der Waals surface area contributed by atoms with E-state index >= 15 is 0 Å². The van der Waals surface area contributed by atoms with Crippen molar-refractivity contribution < 1.29 is 17.5 Å². The highest BCUT2D eigenvalue weighted by molar-refractivity contribution is 7.92. The Kier molecular flexibility index (Phi) is 4.95. The lowest BCUT2D eigenvalue weighted by Crippen LogP contribution is -2.22. The van der Waals surface area contributed by atoms with Crippen molar-refractivity contribution in [3.63, 3.8) is 0 Å². The van der Waals surface area contributed by atoms with Crippen LogP contribution in [-0.4, -0.2) is 33.1 Å². The fraction of sp³-hybridized carbons (Fsp3) is 0.500. The van der Waals surface area contributed by atoms with Crippen molar-refractivity contribution in [3.05, 3.63) is 24.0 Å². The zero-order valence-electron chi connectivity index (χ0n) is 10.7. The lowest BCUT2D eigenvalue weighted by molar-refractivity contribution is 0.387. The average Bonchev–Trinajstić information content (AvgIpc) is 2.31. The molecule has 1 N–H and O–H groups in total. The summed E-state index contributed by atoms with van der Waals surface area (Å²) in [5.41, 5.74) is 0.632. The lowest BCUT2D eigenvalue weighted by atomic mass is 10.3. The molecule has 0 bridgehead atoms. The second kappa shape index (κ2) is 6.04. The number of benzene rings is 1. The Morgan fingerprint density at radius 3 is 2.61 bits per heavy atom. The molecule has 0 atom stereocenters. The predicted octanol–water partition coefficient (Wildman–Crippen LogP) is 2.07. The fourth-order valence-electron chi connectivity index (χ4n) is 1.34. The van der Waals surface area contributed by atoms with Gasteiger partial charge in [-0.25, -0.2) is 12.8 Å². The van der Waals surface area contributed by atoms with Gasteiger partial charge in [0.1, 0.15) is 0 Å². The molecule has 6 heteroatoms. The van der Waals surface area contributed by atoms with Gasteiger partial charge in [0.15, 0.2) is 21.4 Å². The number of rotatable bonds is 6. The molecule has 0 fully saturated rings. The third-order valence-electron chi connectivity index (χ3n) is 2.59. The summed E-state index contributed by atoms with van der Waals surface area (Å²) in [5, 5.41) is 2.54. The molecule has 0 aliphatic carbocycles. The number of ether oxygens (including phenoxy) is 1. The number of sulfone groups is 1. The van der Waals surface area contributed by atoms with Crippen LogP contribution in [0.25, 0.3) is 0 Å². The summed E-state index contributed by atoms with van der Waals surface area (Å²) < 4.78 is 41.1.